The van der Waals surface area contributed by atoms with E-state index in [1.165, 1.54) is 0 Å². The molecule has 2 aromatic rings. The minimum atomic E-state index is -0.467. The fraction of sp³-hybridized carbons (Fsp3) is 0.333. The standard InChI is InChI=1S/C12H15NO2/c1-7-11(8(2)14)9-5-4-6-10(15-3)12(9)13-7/h4-6,8,13-14H,1-3H3. The molecule has 0 saturated carbocycles. The highest BCUT2D eigenvalue weighted by molar-refractivity contribution is 5.89. The summed E-state index contributed by atoms with van der Waals surface area (Å²) >= 11 is 0. The first-order valence-electron chi connectivity index (χ1n) is 4.98. The number of aliphatic hydroxyl groups is 1. The van der Waals surface area contributed by atoms with E-state index in [0.29, 0.717) is 0 Å². The lowest BCUT2D eigenvalue weighted by Gasteiger charge is -2.04. The molecule has 0 radical (unpaired) electrons. The maximum Gasteiger partial charge on any atom is 0.142 e. The van der Waals surface area contributed by atoms with Crippen LogP contribution in [0.3, 0.4) is 0 Å². The average molecular weight is 205 g/mol. The molecule has 0 aliphatic rings. The molecule has 0 aliphatic carbocycles. The van der Waals surface area contributed by atoms with Gasteiger partial charge in [-0.1, -0.05) is 12.1 Å². The minimum absolute atomic E-state index is 0.467. The summed E-state index contributed by atoms with van der Waals surface area (Å²) < 4.78 is 5.26. The van der Waals surface area contributed by atoms with Gasteiger partial charge in [0.1, 0.15) is 5.75 Å². The quantitative estimate of drug-likeness (QED) is 0.791. The first kappa shape index (κ1) is 10.1. The molecule has 0 saturated heterocycles. The van der Waals surface area contributed by atoms with Crippen LogP contribution in [0.25, 0.3) is 10.9 Å². The molecule has 0 amide bonds. The van der Waals surface area contributed by atoms with Gasteiger partial charge in [-0.05, 0) is 19.9 Å². The van der Waals surface area contributed by atoms with Crippen LogP contribution < -0.4 is 4.74 Å². The van der Waals surface area contributed by atoms with Gasteiger partial charge in [-0.2, -0.15) is 0 Å². The number of ether oxygens (including phenoxy) is 1. The summed E-state index contributed by atoms with van der Waals surface area (Å²) in [6.07, 6.45) is -0.467. The van der Waals surface area contributed by atoms with Crippen molar-refractivity contribution in [1.29, 1.82) is 0 Å². The first-order valence-corrected chi connectivity index (χ1v) is 4.98. The van der Waals surface area contributed by atoms with E-state index in [4.69, 9.17) is 4.74 Å². The van der Waals surface area contributed by atoms with Crippen molar-refractivity contribution in [1.82, 2.24) is 4.98 Å². The molecular formula is C12H15NO2. The Balaban J connectivity index is 2.78. The van der Waals surface area contributed by atoms with Crippen molar-refractivity contribution < 1.29 is 9.84 Å². The number of aryl methyl sites for hydroxylation is 1. The Morgan fingerprint density at radius 1 is 1.40 bits per heavy atom. The monoisotopic (exact) mass is 205 g/mol. The Bertz CT molecular complexity index is 486. The van der Waals surface area contributed by atoms with E-state index < -0.39 is 6.10 Å². The van der Waals surface area contributed by atoms with E-state index in [1.807, 2.05) is 25.1 Å². The van der Waals surface area contributed by atoms with Crippen molar-refractivity contribution in [2.24, 2.45) is 0 Å². The van der Waals surface area contributed by atoms with Crippen molar-refractivity contribution in [3.05, 3.63) is 29.5 Å². The second-order valence-electron chi connectivity index (χ2n) is 3.72. The summed E-state index contributed by atoms with van der Waals surface area (Å²) in [6, 6.07) is 5.83. The Kier molecular flexibility index (Phi) is 2.40. The second kappa shape index (κ2) is 3.59. The summed E-state index contributed by atoms with van der Waals surface area (Å²) in [7, 11) is 1.65. The molecule has 2 N–H and O–H groups in total. The van der Waals surface area contributed by atoms with Crippen molar-refractivity contribution in [3.63, 3.8) is 0 Å². The number of aliphatic hydroxyl groups excluding tert-OH is 1. The van der Waals surface area contributed by atoms with Crippen LogP contribution in [0, 0.1) is 6.92 Å². The number of aromatic nitrogens is 1. The second-order valence-corrected chi connectivity index (χ2v) is 3.72. The number of H-pyrrole nitrogens is 1. The molecule has 80 valence electrons. The lowest BCUT2D eigenvalue weighted by molar-refractivity contribution is 0.200. The zero-order chi connectivity index (χ0) is 11.0. The number of hydrogen-bond acceptors (Lipinski definition) is 2. The van der Waals surface area contributed by atoms with Crippen LogP contribution in [0.1, 0.15) is 24.3 Å². The lowest BCUT2D eigenvalue weighted by atomic mass is 10.1. The minimum Gasteiger partial charge on any atom is -0.495 e. The molecule has 3 heteroatoms. The molecular weight excluding hydrogens is 190 g/mol. The molecule has 15 heavy (non-hydrogen) atoms. The third kappa shape index (κ3) is 1.49. The fourth-order valence-corrected chi connectivity index (χ4v) is 2.05. The zero-order valence-electron chi connectivity index (χ0n) is 9.16. The van der Waals surface area contributed by atoms with Gasteiger partial charge in [0, 0.05) is 16.6 Å². The van der Waals surface area contributed by atoms with E-state index in [1.54, 1.807) is 14.0 Å². The molecule has 3 nitrogen and oxygen atoms in total. The molecule has 0 spiro atoms. The number of nitrogens with one attached hydrogen (secondary N) is 1. The van der Waals surface area contributed by atoms with Gasteiger partial charge >= 0.3 is 0 Å². The van der Waals surface area contributed by atoms with Crippen molar-refractivity contribution in [3.8, 4) is 5.75 Å². The average Bonchev–Trinajstić information content (AvgIpc) is 2.53. The molecule has 0 aliphatic heterocycles. The van der Waals surface area contributed by atoms with E-state index in [2.05, 4.69) is 4.98 Å². The number of fused-ring (bicyclic) bond motifs is 1. The molecule has 1 atom stereocenters. The predicted octanol–water partition coefficient (Wildman–Crippen LogP) is 2.54. The van der Waals surface area contributed by atoms with E-state index in [9.17, 15) is 5.11 Å². The molecule has 1 heterocycles. The normalized spacial score (nSPS) is 13.1. The number of para-hydroxylation sites is 1. The Labute approximate surface area is 88.7 Å². The van der Waals surface area contributed by atoms with Gasteiger partial charge < -0.3 is 14.8 Å². The number of methoxy groups -OCH3 is 1. The number of benzene rings is 1. The van der Waals surface area contributed by atoms with Gasteiger partial charge in [-0.15, -0.1) is 0 Å². The Hall–Kier alpha value is -1.48. The maximum absolute atomic E-state index is 9.69. The maximum atomic E-state index is 9.69. The largest absolute Gasteiger partial charge is 0.495 e. The Morgan fingerprint density at radius 2 is 2.13 bits per heavy atom. The highest BCUT2D eigenvalue weighted by atomic mass is 16.5. The first-order chi connectivity index (χ1) is 7.15. The summed E-state index contributed by atoms with van der Waals surface area (Å²) in [4.78, 5) is 3.24. The smallest absolute Gasteiger partial charge is 0.142 e. The van der Waals surface area contributed by atoms with Crippen LogP contribution >= 0.6 is 0 Å². The Morgan fingerprint density at radius 3 is 2.73 bits per heavy atom. The van der Waals surface area contributed by atoms with Crippen LogP contribution in [0.2, 0.25) is 0 Å². The van der Waals surface area contributed by atoms with E-state index >= 15 is 0 Å². The number of hydrogen-bond donors (Lipinski definition) is 2. The van der Waals surface area contributed by atoms with Gasteiger partial charge in [0.15, 0.2) is 0 Å². The summed E-state index contributed by atoms with van der Waals surface area (Å²) in [5.74, 6) is 0.808. The molecule has 0 fully saturated rings. The van der Waals surface area contributed by atoms with Gasteiger partial charge in [-0.25, -0.2) is 0 Å². The van der Waals surface area contributed by atoms with Crippen molar-refractivity contribution >= 4 is 10.9 Å². The third-order valence-electron chi connectivity index (χ3n) is 2.67. The SMILES string of the molecule is COc1cccc2c(C(C)O)c(C)[nH]c12. The zero-order valence-corrected chi connectivity index (χ0v) is 9.16. The van der Waals surface area contributed by atoms with Gasteiger partial charge in [0.25, 0.3) is 0 Å². The lowest BCUT2D eigenvalue weighted by Crippen LogP contribution is -1.91. The fourth-order valence-electron chi connectivity index (χ4n) is 2.05. The molecule has 1 aromatic heterocycles. The van der Waals surface area contributed by atoms with Crippen LogP contribution in [-0.4, -0.2) is 17.2 Å². The van der Waals surface area contributed by atoms with Crippen molar-refractivity contribution in [2.45, 2.75) is 20.0 Å². The van der Waals surface area contributed by atoms with Crippen LogP contribution in [0.4, 0.5) is 0 Å². The van der Waals surface area contributed by atoms with Crippen LogP contribution in [0.15, 0.2) is 18.2 Å². The van der Waals surface area contributed by atoms with Gasteiger partial charge in [-0.3, -0.25) is 0 Å². The van der Waals surface area contributed by atoms with Crippen molar-refractivity contribution in [2.75, 3.05) is 7.11 Å². The summed E-state index contributed by atoms with van der Waals surface area (Å²) in [5, 5.41) is 10.7. The summed E-state index contributed by atoms with van der Waals surface area (Å²) in [6.45, 7) is 3.73. The van der Waals surface area contributed by atoms with Gasteiger partial charge in [0.05, 0.1) is 18.7 Å². The van der Waals surface area contributed by atoms with Crippen LogP contribution in [0.5, 0.6) is 5.75 Å². The van der Waals surface area contributed by atoms with E-state index in [0.717, 1.165) is 27.9 Å². The van der Waals surface area contributed by atoms with E-state index in [-0.39, 0.29) is 0 Å². The molecule has 2 rings (SSSR count). The summed E-state index contributed by atoms with van der Waals surface area (Å²) in [5.41, 5.74) is 2.89. The highest BCUT2D eigenvalue weighted by Crippen LogP contribution is 2.32. The molecule has 1 aromatic carbocycles. The third-order valence-corrected chi connectivity index (χ3v) is 2.67. The number of rotatable bonds is 2. The predicted molar refractivity (Wildman–Crippen MR) is 60.2 cm³/mol. The van der Waals surface area contributed by atoms with Crippen LogP contribution in [-0.2, 0) is 0 Å². The highest BCUT2D eigenvalue weighted by Gasteiger charge is 2.14. The molecule has 0 bridgehead atoms. The number of aromatic amines is 1. The van der Waals surface area contributed by atoms with Gasteiger partial charge in [0.2, 0.25) is 0 Å². The topological polar surface area (TPSA) is 45.2 Å². The molecule has 1 unspecified atom stereocenters.